The number of methoxy groups -OCH3 is 1. The number of nitrogens with zero attached hydrogens (tertiary/aromatic N) is 6. The standard InChI is InChI=1S/C20H27N7O3/c1-13(2)12-27-17-15(18(28)24-20(27)29)26(8-9-30-3)16(23-17)14-10-21-19(22-11-14)25-6-4-5-7-25/h10-11,13H,4-9,12H2,1-3H3,(H,24,28,29). The lowest BCUT2D eigenvalue weighted by molar-refractivity contribution is 0.188. The predicted molar refractivity (Wildman–Crippen MR) is 114 cm³/mol. The van der Waals surface area contributed by atoms with Gasteiger partial charge in [0.1, 0.15) is 5.82 Å². The van der Waals surface area contributed by atoms with E-state index in [0.29, 0.717) is 48.2 Å². The molecule has 1 aliphatic rings. The van der Waals surface area contributed by atoms with Crippen LogP contribution in [0.4, 0.5) is 5.95 Å². The Hall–Kier alpha value is -3.01. The number of nitrogens with one attached hydrogen (secondary N) is 1. The van der Waals surface area contributed by atoms with Gasteiger partial charge in [-0.25, -0.2) is 19.7 Å². The lowest BCUT2D eigenvalue weighted by Gasteiger charge is -2.14. The molecule has 0 unspecified atom stereocenters. The average Bonchev–Trinajstić information content (AvgIpc) is 3.38. The van der Waals surface area contributed by atoms with Gasteiger partial charge in [-0.3, -0.25) is 14.3 Å². The van der Waals surface area contributed by atoms with Crippen LogP contribution in [-0.2, 0) is 17.8 Å². The van der Waals surface area contributed by atoms with Gasteiger partial charge in [0.25, 0.3) is 5.56 Å². The van der Waals surface area contributed by atoms with Crippen molar-refractivity contribution < 1.29 is 4.74 Å². The molecule has 10 heteroatoms. The molecule has 0 bridgehead atoms. The van der Waals surface area contributed by atoms with Crippen molar-refractivity contribution in [1.82, 2.24) is 29.1 Å². The molecule has 1 aliphatic heterocycles. The van der Waals surface area contributed by atoms with Crippen LogP contribution in [0, 0.1) is 5.92 Å². The van der Waals surface area contributed by atoms with Gasteiger partial charge in [-0.2, -0.15) is 0 Å². The fourth-order valence-electron chi connectivity index (χ4n) is 3.84. The summed E-state index contributed by atoms with van der Waals surface area (Å²) in [4.78, 5) is 43.4. The second-order valence-electron chi connectivity index (χ2n) is 7.98. The fourth-order valence-corrected chi connectivity index (χ4v) is 3.84. The molecule has 10 nitrogen and oxygen atoms in total. The van der Waals surface area contributed by atoms with Crippen molar-refractivity contribution in [1.29, 1.82) is 0 Å². The monoisotopic (exact) mass is 413 g/mol. The molecule has 3 aromatic heterocycles. The Morgan fingerprint density at radius 2 is 1.83 bits per heavy atom. The maximum atomic E-state index is 12.7. The highest BCUT2D eigenvalue weighted by Gasteiger charge is 2.21. The van der Waals surface area contributed by atoms with Crippen LogP contribution < -0.4 is 16.1 Å². The Bertz CT molecular complexity index is 1140. The van der Waals surface area contributed by atoms with Gasteiger partial charge >= 0.3 is 5.69 Å². The molecule has 0 radical (unpaired) electrons. The van der Waals surface area contributed by atoms with E-state index in [1.165, 1.54) is 4.57 Å². The molecule has 0 atom stereocenters. The van der Waals surface area contributed by atoms with Crippen molar-refractivity contribution in [3.63, 3.8) is 0 Å². The van der Waals surface area contributed by atoms with Gasteiger partial charge in [0.05, 0.1) is 12.2 Å². The van der Waals surface area contributed by atoms with Crippen LogP contribution in [-0.4, -0.2) is 55.9 Å². The minimum atomic E-state index is -0.459. The van der Waals surface area contributed by atoms with E-state index in [2.05, 4.69) is 19.9 Å². The number of aromatic nitrogens is 6. The molecule has 0 spiro atoms. The molecule has 30 heavy (non-hydrogen) atoms. The van der Waals surface area contributed by atoms with Gasteiger partial charge in [0.2, 0.25) is 5.95 Å². The van der Waals surface area contributed by atoms with E-state index in [-0.39, 0.29) is 5.92 Å². The van der Waals surface area contributed by atoms with Gasteiger partial charge in [-0.15, -0.1) is 0 Å². The topological polar surface area (TPSA) is 111 Å². The third-order valence-electron chi connectivity index (χ3n) is 5.24. The summed E-state index contributed by atoms with van der Waals surface area (Å²) in [5.41, 5.74) is 0.496. The van der Waals surface area contributed by atoms with Crippen molar-refractivity contribution in [2.75, 3.05) is 31.7 Å². The predicted octanol–water partition coefficient (Wildman–Crippen LogP) is 1.25. The van der Waals surface area contributed by atoms with Crippen LogP contribution in [0.5, 0.6) is 0 Å². The van der Waals surface area contributed by atoms with Crippen molar-refractivity contribution in [2.24, 2.45) is 5.92 Å². The van der Waals surface area contributed by atoms with Crippen LogP contribution in [0.15, 0.2) is 22.0 Å². The van der Waals surface area contributed by atoms with E-state index in [1.54, 1.807) is 24.1 Å². The molecule has 0 saturated carbocycles. The molecule has 160 valence electrons. The number of hydrogen-bond acceptors (Lipinski definition) is 7. The van der Waals surface area contributed by atoms with Crippen LogP contribution >= 0.6 is 0 Å². The van der Waals surface area contributed by atoms with Gasteiger partial charge in [-0.1, -0.05) is 13.8 Å². The molecule has 1 fully saturated rings. The first-order valence-corrected chi connectivity index (χ1v) is 10.3. The maximum absolute atomic E-state index is 12.7. The summed E-state index contributed by atoms with van der Waals surface area (Å²) in [6.45, 7) is 7.21. The molecule has 1 saturated heterocycles. The summed E-state index contributed by atoms with van der Waals surface area (Å²) in [6, 6.07) is 0. The Balaban J connectivity index is 1.86. The number of H-pyrrole nitrogens is 1. The summed E-state index contributed by atoms with van der Waals surface area (Å²) in [7, 11) is 1.60. The first-order valence-electron chi connectivity index (χ1n) is 10.3. The minimum Gasteiger partial charge on any atom is -0.383 e. The smallest absolute Gasteiger partial charge is 0.330 e. The second-order valence-corrected chi connectivity index (χ2v) is 7.98. The molecule has 1 N–H and O–H groups in total. The van der Waals surface area contributed by atoms with E-state index >= 15 is 0 Å². The quantitative estimate of drug-likeness (QED) is 0.620. The SMILES string of the molecule is COCCn1c(-c2cnc(N3CCCC3)nc2)nc2c1c(=O)[nH]c(=O)n2CC(C)C. The van der Waals surface area contributed by atoms with Crippen molar-refractivity contribution in [3.05, 3.63) is 33.2 Å². The Morgan fingerprint density at radius 1 is 1.13 bits per heavy atom. The lowest BCUT2D eigenvalue weighted by atomic mass is 10.2. The molecule has 0 amide bonds. The van der Waals surface area contributed by atoms with Crippen LogP contribution in [0.3, 0.4) is 0 Å². The average molecular weight is 413 g/mol. The zero-order valence-electron chi connectivity index (χ0n) is 17.6. The number of aromatic amines is 1. The number of ether oxygens (including phenoxy) is 1. The highest BCUT2D eigenvalue weighted by Crippen LogP contribution is 2.23. The minimum absolute atomic E-state index is 0.215. The van der Waals surface area contributed by atoms with Crippen molar-refractivity contribution in [2.45, 2.75) is 39.8 Å². The summed E-state index contributed by atoms with van der Waals surface area (Å²) in [5.74, 6) is 1.46. The number of anilines is 1. The van der Waals surface area contributed by atoms with Crippen LogP contribution in [0.25, 0.3) is 22.6 Å². The van der Waals surface area contributed by atoms with Gasteiger partial charge < -0.3 is 14.2 Å². The second kappa shape index (κ2) is 8.39. The number of hydrogen-bond donors (Lipinski definition) is 1. The molecular formula is C20H27N7O3. The van der Waals surface area contributed by atoms with Gasteiger partial charge in [-0.05, 0) is 18.8 Å². The van der Waals surface area contributed by atoms with E-state index < -0.39 is 11.2 Å². The zero-order valence-corrected chi connectivity index (χ0v) is 17.6. The summed E-state index contributed by atoms with van der Waals surface area (Å²) in [5, 5.41) is 0. The van der Waals surface area contributed by atoms with Crippen LogP contribution in [0.2, 0.25) is 0 Å². The van der Waals surface area contributed by atoms with Gasteiger partial charge in [0.15, 0.2) is 11.2 Å². The highest BCUT2D eigenvalue weighted by molar-refractivity contribution is 5.76. The van der Waals surface area contributed by atoms with E-state index in [9.17, 15) is 9.59 Å². The van der Waals surface area contributed by atoms with Crippen LogP contribution in [0.1, 0.15) is 26.7 Å². The summed E-state index contributed by atoms with van der Waals surface area (Å²) in [6.07, 6.45) is 5.75. The van der Waals surface area contributed by atoms with Gasteiger partial charge in [0, 0.05) is 45.7 Å². The summed E-state index contributed by atoms with van der Waals surface area (Å²) >= 11 is 0. The summed E-state index contributed by atoms with van der Waals surface area (Å²) < 4.78 is 8.53. The fraction of sp³-hybridized carbons (Fsp3) is 0.550. The third kappa shape index (κ3) is 3.74. The molecule has 0 aliphatic carbocycles. The normalized spacial score (nSPS) is 14.3. The molecular weight excluding hydrogens is 386 g/mol. The molecule has 4 rings (SSSR count). The highest BCUT2D eigenvalue weighted by atomic mass is 16.5. The Labute approximate surface area is 173 Å². The largest absolute Gasteiger partial charge is 0.383 e. The molecule has 3 aromatic rings. The maximum Gasteiger partial charge on any atom is 0.330 e. The number of imidazole rings is 1. The first-order chi connectivity index (χ1) is 14.5. The number of rotatable bonds is 7. The van der Waals surface area contributed by atoms with E-state index in [4.69, 9.17) is 9.72 Å². The van der Waals surface area contributed by atoms with Crippen molar-refractivity contribution in [3.8, 4) is 11.4 Å². The zero-order chi connectivity index (χ0) is 21.3. The lowest BCUT2D eigenvalue weighted by Crippen LogP contribution is -2.32. The Morgan fingerprint density at radius 3 is 2.47 bits per heavy atom. The number of fused-ring (bicyclic) bond motifs is 1. The van der Waals surface area contributed by atoms with E-state index in [1.807, 2.05) is 13.8 Å². The molecule has 4 heterocycles. The van der Waals surface area contributed by atoms with Crippen molar-refractivity contribution >= 4 is 17.1 Å². The molecule has 0 aromatic carbocycles. The third-order valence-corrected chi connectivity index (χ3v) is 5.24. The van der Waals surface area contributed by atoms with E-state index in [0.717, 1.165) is 25.9 Å². The Kier molecular flexibility index (Phi) is 5.67. The first kappa shape index (κ1) is 20.3.